The predicted molar refractivity (Wildman–Crippen MR) is 72.7 cm³/mol. The van der Waals surface area contributed by atoms with Crippen molar-refractivity contribution in [2.24, 2.45) is 0 Å². The van der Waals surface area contributed by atoms with E-state index in [1.54, 1.807) is 13.2 Å². The zero-order valence-electron chi connectivity index (χ0n) is 10.7. The van der Waals surface area contributed by atoms with Crippen molar-refractivity contribution in [2.45, 2.75) is 13.8 Å². The van der Waals surface area contributed by atoms with Gasteiger partial charge in [-0.25, -0.2) is 4.98 Å². The molecule has 0 fully saturated rings. The molecule has 0 saturated carbocycles. The summed E-state index contributed by atoms with van der Waals surface area (Å²) >= 11 is 0. The number of rotatable bonds is 3. The van der Waals surface area contributed by atoms with E-state index in [0.29, 0.717) is 5.88 Å². The topological polar surface area (TPSA) is 39.2 Å². The third kappa shape index (κ3) is 2.56. The second-order valence-corrected chi connectivity index (χ2v) is 4.23. The Labute approximate surface area is 106 Å². The Morgan fingerprint density at radius 1 is 1.33 bits per heavy atom. The van der Waals surface area contributed by atoms with Crippen molar-refractivity contribution in [3.63, 3.8) is 0 Å². The lowest BCUT2D eigenvalue weighted by Crippen LogP contribution is -1.93. The van der Waals surface area contributed by atoms with Crippen molar-refractivity contribution in [1.82, 2.24) is 4.98 Å². The van der Waals surface area contributed by atoms with E-state index in [-0.39, 0.29) is 5.78 Å². The van der Waals surface area contributed by atoms with Gasteiger partial charge in [0.2, 0.25) is 5.88 Å². The second kappa shape index (κ2) is 5.00. The molecule has 0 saturated heterocycles. The summed E-state index contributed by atoms with van der Waals surface area (Å²) in [7, 11) is 1.58. The number of carbonyl (C=O) groups excluding carboxylic acids is 1. The summed E-state index contributed by atoms with van der Waals surface area (Å²) in [6.07, 6.45) is 3.25. The lowest BCUT2D eigenvalue weighted by atomic mass is 10.1. The van der Waals surface area contributed by atoms with Crippen molar-refractivity contribution in [1.29, 1.82) is 0 Å². The lowest BCUT2D eigenvalue weighted by molar-refractivity contribution is -0.112. The summed E-state index contributed by atoms with van der Waals surface area (Å²) < 4.78 is 5.24. The number of hydrogen-bond donors (Lipinski definition) is 0. The highest BCUT2D eigenvalue weighted by Crippen LogP contribution is 2.24. The highest BCUT2D eigenvalue weighted by atomic mass is 16.5. The molecule has 0 aliphatic carbocycles. The van der Waals surface area contributed by atoms with Crippen molar-refractivity contribution >= 4 is 22.8 Å². The highest BCUT2D eigenvalue weighted by Gasteiger charge is 2.05. The quantitative estimate of drug-likeness (QED) is 0.775. The minimum atomic E-state index is 0.00129. The Bertz CT molecular complexity index is 630. The molecule has 0 atom stereocenters. The second-order valence-electron chi connectivity index (χ2n) is 4.23. The number of aryl methyl sites for hydroxylation is 1. The molecular weight excluding hydrogens is 226 g/mol. The number of fused-ring (bicyclic) bond motifs is 1. The van der Waals surface area contributed by atoms with Crippen LogP contribution < -0.4 is 4.74 Å². The lowest BCUT2D eigenvalue weighted by Gasteiger charge is -2.06. The molecule has 1 aromatic carbocycles. The minimum absolute atomic E-state index is 0.00129. The van der Waals surface area contributed by atoms with E-state index >= 15 is 0 Å². The van der Waals surface area contributed by atoms with Gasteiger partial charge in [0.1, 0.15) is 0 Å². The van der Waals surface area contributed by atoms with Gasteiger partial charge in [0.05, 0.1) is 12.6 Å². The fourth-order valence-electron chi connectivity index (χ4n) is 1.78. The van der Waals surface area contributed by atoms with Gasteiger partial charge in [-0.05, 0) is 44.2 Å². The zero-order chi connectivity index (χ0) is 13.1. The first kappa shape index (κ1) is 12.3. The SMILES string of the molecule is COc1nc2ccc(C)cc2cc1C=CC(C)=O. The van der Waals surface area contributed by atoms with E-state index < -0.39 is 0 Å². The number of pyridine rings is 1. The van der Waals surface area contributed by atoms with Gasteiger partial charge < -0.3 is 4.74 Å². The van der Waals surface area contributed by atoms with Crippen LogP contribution in [0.2, 0.25) is 0 Å². The first-order valence-corrected chi connectivity index (χ1v) is 5.74. The first-order chi connectivity index (χ1) is 8.60. The van der Waals surface area contributed by atoms with Gasteiger partial charge in [-0.15, -0.1) is 0 Å². The van der Waals surface area contributed by atoms with Crippen molar-refractivity contribution < 1.29 is 9.53 Å². The van der Waals surface area contributed by atoms with Crippen LogP contribution in [-0.4, -0.2) is 17.9 Å². The summed E-state index contributed by atoms with van der Waals surface area (Å²) in [5.74, 6) is 0.533. The number of hydrogen-bond acceptors (Lipinski definition) is 3. The van der Waals surface area contributed by atoms with Crippen molar-refractivity contribution in [3.05, 3.63) is 41.5 Å². The Morgan fingerprint density at radius 2 is 2.11 bits per heavy atom. The van der Waals surface area contributed by atoms with Crippen LogP contribution in [-0.2, 0) is 4.79 Å². The Kier molecular flexibility index (Phi) is 3.42. The summed E-state index contributed by atoms with van der Waals surface area (Å²) in [5, 5.41) is 1.04. The Morgan fingerprint density at radius 3 is 2.78 bits per heavy atom. The average molecular weight is 241 g/mol. The molecule has 0 aliphatic rings. The smallest absolute Gasteiger partial charge is 0.221 e. The van der Waals surface area contributed by atoms with Gasteiger partial charge in [0.15, 0.2) is 5.78 Å². The van der Waals surface area contributed by atoms with Crippen LogP contribution in [0.5, 0.6) is 5.88 Å². The molecule has 0 aliphatic heterocycles. The van der Waals surface area contributed by atoms with Gasteiger partial charge in [0.25, 0.3) is 0 Å². The van der Waals surface area contributed by atoms with Gasteiger partial charge in [-0.2, -0.15) is 0 Å². The largest absolute Gasteiger partial charge is 0.481 e. The zero-order valence-corrected chi connectivity index (χ0v) is 10.7. The van der Waals surface area contributed by atoms with E-state index in [1.165, 1.54) is 18.6 Å². The molecule has 1 aromatic heterocycles. The molecule has 0 spiro atoms. The molecule has 0 unspecified atom stereocenters. The number of ether oxygens (including phenoxy) is 1. The number of aromatic nitrogens is 1. The van der Waals surface area contributed by atoms with Crippen LogP contribution in [0.15, 0.2) is 30.3 Å². The Hall–Kier alpha value is -2.16. The maximum Gasteiger partial charge on any atom is 0.221 e. The van der Waals surface area contributed by atoms with E-state index in [4.69, 9.17) is 4.74 Å². The van der Waals surface area contributed by atoms with E-state index in [0.717, 1.165) is 16.5 Å². The molecule has 2 rings (SSSR count). The third-order valence-electron chi connectivity index (χ3n) is 2.65. The maximum atomic E-state index is 11.0. The summed E-state index contributed by atoms with van der Waals surface area (Å²) in [6.45, 7) is 3.55. The number of carbonyl (C=O) groups is 1. The molecule has 0 amide bonds. The van der Waals surface area contributed by atoms with Gasteiger partial charge in [0, 0.05) is 10.9 Å². The number of allylic oxidation sites excluding steroid dienone is 1. The number of methoxy groups -OCH3 is 1. The fourth-order valence-corrected chi connectivity index (χ4v) is 1.78. The fraction of sp³-hybridized carbons (Fsp3) is 0.200. The molecule has 0 N–H and O–H groups in total. The van der Waals surface area contributed by atoms with Gasteiger partial charge in [-0.3, -0.25) is 4.79 Å². The normalized spacial score (nSPS) is 11.1. The van der Waals surface area contributed by atoms with E-state index in [1.807, 2.05) is 25.1 Å². The highest BCUT2D eigenvalue weighted by molar-refractivity contribution is 5.93. The van der Waals surface area contributed by atoms with Crippen LogP contribution in [0, 0.1) is 6.92 Å². The van der Waals surface area contributed by atoms with E-state index in [2.05, 4.69) is 11.1 Å². The predicted octanol–water partition coefficient (Wildman–Crippen LogP) is 3.15. The first-order valence-electron chi connectivity index (χ1n) is 5.74. The van der Waals surface area contributed by atoms with Crippen LogP contribution in [0.4, 0.5) is 0 Å². The molecular formula is C15H15NO2. The number of ketones is 1. The van der Waals surface area contributed by atoms with Crippen molar-refractivity contribution in [2.75, 3.05) is 7.11 Å². The number of benzene rings is 1. The van der Waals surface area contributed by atoms with Crippen LogP contribution in [0.1, 0.15) is 18.1 Å². The summed E-state index contributed by atoms with van der Waals surface area (Å²) in [6, 6.07) is 8.02. The Balaban J connectivity index is 2.59. The van der Waals surface area contributed by atoms with Crippen molar-refractivity contribution in [3.8, 4) is 5.88 Å². The maximum absolute atomic E-state index is 11.0. The van der Waals surface area contributed by atoms with Gasteiger partial charge >= 0.3 is 0 Å². The van der Waals surface area contributed by atoms with E-state index in [9.17, 15) is 4.79 Å². The monoisotopic (exact) mass is 241 g/mol. The number of nitrogens with zero attached hydrogens (tertiary/aromatic N) is 1. The third-order valence-corrected chi connectivity index (χ3v) is 2.65. The molecule has 0 radical (unpaired) electrons. The standard InChI is InChI=1S/C15H15NO2/c1-10-4-7-14-13(8-10)9-12(6-5-11(2)17)15(16-14)18-3/h4-9H,1-3H3. The molecule has 0 bridgehead atoms. The summed E-state index contributed by atoms with van der Waals surface area (Å²) in [4.78, 5) is 15.4. The van der Waals surface area contributed by atoms with Crippen LogP contribution in [0.3, 0.4) is 0 Å². The molecule has 3 heteroatoms. The molecule has 92 valence electrons. The average Bonchev–Trinajstić information content (AvgIpc) is 2.35. The molecule has 2 aromatic rings. The van der Waals surface area contributed by atoms with Gasteiger partial charge in [-0.1, -0.05) is 11.6 Å². The minimum Gasteiger partial charge on any atom is -0.481 e. The van der Waals surface area contributed by atoms with Crippen LogP contribution >= 0.6 is 0 Å². The van der Waals surface area contributed by atoms with Crippen LogP contribution in [0.25, 0.3) is 17.0 Å². The molecule has 1 heterocycles. The summed E-state index contributed by atoms with van der Waals surface area (Å²) in [5.41, 5.74) is 2.87. The molecule has 18 heavy (non-hydrogen) atoms. The molecule has 3 nitrogen and oxygen atoms in total.